The molecule has 4 heteroatoms. The quantitative estimate of drug-likeness (QED) is 0.790. The van der Waals surface area contributed by atoms with Crippen LogP contribution < -0.4 is 5.32 Å². The van der Waals surface area contributed by atoms with E-state index in [9.17, 15) is 4.79 Å². The molecule has 0 atom stereocenters. The molecular weight excluding hydrogens is 216 g/mol. The van der Waals surface area contributed by atoms with Crippen molar-refractivity contribution in [1.29, 1.82) is 0 Å². The maximum atomic E-state index is 11.9. The van der Waals surface area contributed by atoms with Gasteiger partial charge in [0.15, 0.2) is 0 Å². The lowest BCUT2D eigenvalue weighted by Gasteiger charge is -2.34. The van der Waals surface area contributed by atoms with Crippen LogP contribution in [0.4, 0.5) is 4.79 Å². The van der Waals surface area contributed by atoms with Crippen LogP contribution in [0.5, 0.6) is 0 Å². The summed E-state index contributed by atoms with van der Waals surface area (Å²) in [4.78, 5) is 13.7. The molecule has 0 aromatic carbocycles. The molecule has 100 valence electrons. The number of aliphatic hydroxyl groups excluding tert-OH is 1. The highest BCUT2D eigenvalue weighted by Crippen LogP contribution is 2.26. The van der Waals surface area contributed by atoms with Gasteiger partial charge >= 0.3 is 6.03 Å². The van der Waals surface area contributed by atoms with E-state index in [2.05, 4.69) is 19.2 Å². The van der Waals surface area contributed by atoms with Gasteiger partial charge < -0.3 is 15.3 Å². The number of aliphatic hydroxyl groups is 1. The summed E-state index contributed by atoms with van der Waals surface area (Å²) in [5.41, 5.74) is 0. The van der Waals surface area contributed by atoms with Crippen LogP contribution >= 0.6 is 0 Å². The van der Waals surface area contributed by atoms with Crippen molar-refractivity contribution in [2.75, 3.05) is 20.2 Å². The second-order valence-electron chi connectivity index (χ2n) is 5.55. The van der Waals surface area contributed by atoms with Crippen molar-refractivity contribution in [3.63, 3.8) is 0 Å². The Hall–Kier alpha value is -0.770. The highest BCUT2D eigenvalue weighted by atomic mass is 16.3. The Kier molecular flexibility index (Phi) is 5.75. The molecule has 4 nitrogen and oxygen atoms in total. The van der Waals surface area contributed by atoms with Crippen LogP contribution in [0, 0.1) is 11.8 Å². The van der Waals surface area contributed by atoms with E-state index in [0.717, 1.165) is 32.2 Å². The second kappa shape index (κ2) is 6.84. The summed E-state index contributed by atoms with van der Waals surface area (Å²) in [6, 6.07) is 0.371. The zero-order chi connectivity index (χ0) is 12.8. The third kappa shape index (κ3) is 4.54. The van der Waals surface area contributed by atoms with Crippen LogP contribution in [-0.2, 0) is 0 Å². The fourth-order valence-electron chi connectivity index (χ4n) is 2.30. The van der Waals surface area contributed by atoms with Gasteiger partial charge in [0.05, 0.1) is 0 Å². The standard InChI is InChI=1S/C13H26N2O2/c1-10(2)8-14-13(17)15(3)12-6-4-11(9-16)5-7-12/h10-12,16H,4-9H2,1-3H3,(H,14,17). The number of hydrogen-bond donors (Lipinski definition) is 2. The summed E-state index contributed by atoms with van der Waals surface area (Å²) in [5, 5.41) is 12.0. The molecule has 17 heavy (non-hydrogen) atoms. The Morgan fingerprint density at radius 1 is 1.35 bits per heavy atom. The second-order valence-corrected chi connectivity index (χ2v) is 5.55. The summed E-state index contributed by atoms with van der Waals surface area (Å²) >= 11 is 0. The van der Waals surface area contributed by atoms with Crippen molar-refractivity contribution in [3.8, 4) is 0 Å². The molecule has 1 aliphatic carbocycles. The molecule has 0 radical (unpaired) electrons. The number of carbonyl (C=O) groups is 1. The molecule has 0 bridgehead atoms. The first-order valence-corrected chi connectivity index (χ1v) is 6.66. The maximum absolute atomic E-state index is 11.9. The third-order valence-electron chi connectivity index (χ3n) is 3.60. The average molecular weight is 242 g/mol. The van der Waals surface area contributed by atoms with E-state index < -0.39 is 0 Å². The molecule has 2 amide bonds. The summed E-state index contributed by atoms with van der Waals surface area (Å²) in [5.74, 6) is 0.927. The number of carbonyl (C=O) groups excluding carboxylic acids is 1. The molecule has 0 aromatic rings. The topological polar surface area (TPSA) is 52.6 Å². The van der Waals surface area contributed by atoms with Crippen LogP contribution in [0.3, 0.4) is 0 Å². The maximum Gasteiger partial charge on any atom is 0.317 e. The molecule has 0 spiro atoms. The lowest BCUT2D eigenvalue weighted by molar-refractivity contribution is 0.133. The minimum absolute atomic E-state index is 0.0335. The van der Waals surface area contributed by atoms with Crippen LogP contribution in [0.2, 0.25) is 0 Å². The molecule has 0 saturated heterocycles. The smallest absolute Gasteiger partial charge is 0.317 e. The van der Waals surface area contributed by atoms with Gasteiger partial charge in [0.25, 0.3) is 0 Å². The lowest BCUT2D eigenvalue weighted by Crippen LogP contribution is -2.46. The van der Waals surface area contributed by atoms with Gasteiger partial charge in [0, 0.05) is 26.2 Å². The van der Waals surface area contributed by atoms with Crippen molar-refractivity contribution < 1.29 is 9.90 Å². The Morgan fingerprint density at radius 3 is 2.41 bits per heavy atom. The van der Waals surface area contributed by atoms with Crippen LogP contribution in [-0.4, -0.2) is 42.3 Å². The largest absolute Gasteiger partial charge is 0.396 e. The number of nitrogens with zero attached hydrogens (tertiary/aromatic N) is 1. The summed E-state index contributed by atoms with van der Waals surface area (Å²) < 4.78 is 0. The van der Waals surface area contributed by atoms with E-state index in [1.165, 1.54) is 0 Å². The third-order valence-corrected chi connectivity index (χ3v) is 3.60. The zero-order valence-corrected chi connectivity index (χ0v) is 11.3. The summed E-state index contributed by atoms with van der Waals surface area (Å²) in [7, 11) is 1.87. The van der Waals surface area contributed by atoms with E-state index >= 15 is 0 Å². The van der Waals surface area contributed by atoms with Gasteiger partial charge in [-0.2, -0.15) is 0 Å². The van der Waals surface area contributed by atoms with Gasteiger partial charge in [-0.25, -0.2) is 4.79 Å². The fraction of sp³-hybridized carbons (Fsp3) is 0.923. The average Bonchev–Trinajstić information content (AvgIpc) is 2.35. The highest BCUT2D eigenvalue weighted by molar-refractivity contribution is 5.74. The number of rotatable bonds is 4. The molecule has 1 fully saturated rings. The van der Waals surface area contributed by atoms with Gasteiger partial charge in [-0.3, -0.25) is 0 Å². The molecular formula is C13H26N2O2. The van der Waals surface area contributed by atoms with Crippen molar-refractivity contribution in [1.82, 2.24) is 10.2 Å². The summed E-state index contributed by atoms with van der Waals surface area (Å²) in [6.45, 7) is 5.20. The molecule has 0 heterocycles. The Morgan fingerprint density at radius 2 is 1.94 bits per heavy atom. The van der Waals surface area contributed by atoms with Crippen LogP contribution in [0.15, 0.2) is 0 Å². The number of urea groups is 1. The molecule has 1 aliphatic rings. The first-order chi connectivity index (χ1) is 8.04. The molecule has 0 aromatic heterocycles. The first-order valence-electron chi connectivity index (χ1n) is 6.66. The van der Waals surface area contributed by atoms with Crippen molar-refractivity contribution in [3.05, 3.63) is 0 Å². The predicted octanol–water partition coefficient (Wildman–Crippen LogP) is 1.83. The first kappa shape index (κ1) is 14.3. The minimum atomic E-state index is 0.0335. The molecule has 2 N–H and O–H groups in total. The Labute approximate surface area is 104 Å². The normalized spacial score (nSPS) is 24.8. The fourth-order valence-corrected chi connectivity index (χ4v) is 2.30. The number of amides is 2. The van der Waals surface area contributed by atoms with E-state index in [1.54, 1.807) is 0 Å². The molecule has 1 rings (SSSR count). The van der Waals surface area contributed by atoms with Crippen molar-refractivity contribution in [2.24, 2.45) is 11.8 Å². The Bertz CT molecular complexity index is 236. The highest BCUT2D eigenvalue weighted by Gasteiger charge is 2.25. The van der Waals surface area contributed by atoms with Gasteiger partial charge in [-0.1, -0.05) is 13.8 Å². The number of hydrogen-bond acceptors (Lipinski definition) is 2. The van der Waals surface area contributed by atoms with E-state index in [0.29, 0.717) is 17.9 Å². The van der Waals surface area contributed by atoms with Crippen LogP contribution in [0.25, 0.3) is 0 Å². The predicted molar refractivity (Wildman–Crippen MR) is 68.8 cm³/mol. The monoisotopic (exact) mass is 242 g/mol. The van der Waals surface area contributed by atoms with Gasteiger partial charge in [0.1, 0.15) is 0 Å². The molecule has 0 unspecified atom stereocenters. The molecule has 0 aliphatic heterocycles. The minimum Gasteiger partial charge on any atom is -0.396 e. The van der Waals surface area contributed by atoms with Gasteiger partial charge in [0.2, 0.25) is 0 Å². The lowest BCUT2D eigenvalue weighted by atomic mass is 9.86. The van der Waals surface area contributed by atoms with Crippen LogP contribution in [0.1, 0.15) is 39.5 Å². The van der Waals surface area contributed by atoms with E-state index in [4.69, 9.17) is 5.11 Å². The SMILES string of the molecule is CC(C)CNC(=O)N(C)C1CCC(CO)CC1. The van der Waals surface area contributed by atoms with Crippen molar-refractivity contribution >= 4 is 6.03 Å². The van der Waals surface area contributed by atoms with Gasteiger partial charge in [-0.05, 0) is 37.5 Å². The zero-order valence-electron chi connectivity index (χ0n) is 11.3. The number of nitrogens with one attached hydrogen (secondary N) is 1. The van der Waals surface area contributed by atoms with Gasteiger partial charge in [-0.15, -0.1) is 0 Å². The van der Waals surface area contributed by atoms with E-state index in [-0.39, 0.29) is 12.6 Å². The van der Waals surface area contributed by atoms with E-state index in [1.807, 2.05) is 11.9 Å². The molecule has 1 saturated carbocycles. The van der Waals surface area contributed by atoms with Crippen molar-refractivity contribution in [2.45, 2.75) is 45.6 Å². The Balaban J connectivity index is 2.32. The summed E-state index contributed by atoms with van der Waals surface area (Å²) in [6.07, 6.45) is 4.08.